The van der Waals surface area contributed by atoms with Crippen molar-refractivity contribution >= 4 is 29.1 Å². The number of allylic oxidation sites excluding steroid dienone is 1. The van der Waals surface area contributed by atoms with Gasteiger partial charge in [-0.05, 0) is 67.9 Å². The zero-order valence-corrected chi connectivity index (χ0v) is 17.6. The monoisotopic (exact) mass is 415 g/mol. The van der Waals surface area contributed by atoms with Gasteiger partial charge in [0.05, 0.1) is 6.04 Å². The average Bonchev–Trinajstić information content (AvgIpc) is 3.51. The number of benzene rings is 2. The van der Waals surface area contributed by atoms with Gasteiger partial charge in [-0.3, -0.25) is 4.79 Å². The predicted octanol–water partition coefficient (Wildman–Crippen LogP) is 6.95. The van der Waals surface area contributed by atoms with Gasteiger partial charge in [0.25, 0.3) is 0 Å². The Balaban J connectivity index is 0.000000271. The Labute approximate surface area is 178 Å². The summed E-state index contributed by atoms with van der Waals surface area (Å²) >= 11 is 11.5. The van der Waals surface area contributed by atoms with Crippen LogP contribution in [0.3, 0.4) is 0 Å². The van der Waals surface area contributed by atoms with E-state index in [2.05, 4.69) is 23.6 Å². The van der Waals surface area contributed by atoms with Crippen LogP contribution in [-0.4, -0.2) is 17.4 Å². The minimum Gasteiger partial charge on any atom is -0.335 e. The topological polar surface area (TPSA) is 20.3 Å². The van der Waals surface area contributed by atoms with Crippen molar-refractivity contribution in [2.75, 3.05) is 6.54 Å². The largest absolute Gasteiger partial charge is 0.335 e. The molecule has 0 aromatic heterocycles. The molecule has 1 saturated heterocycles. The number of likely N-dealkylation sites (tertiary alicyclic amines) is 1. The molecule has 0 bridgehead atoms. The quantitative estimate of drug-likeness (QED) is 0.483. The maximum absolute atomic E-state index is 12.8. The lowest BCUT2D eigenvalue weighted by Gasteiger charge is -2.39. The van der Waals surface area contributed by atoms with Crippen LogP contribution in [0.4, 0.5) is 0 Å². The van der Waals surface area contributed by atoms with Crippen LogP contribution in [0.5, 0.6) is 0 Å². The molecule has 2 nitrogen and oxygen atoms in total. The van der Waals surface area contributed by atoms with Gasteiger partial charge in [0.1, 0.15) is 0 Å². The van der Waals surface area contributed by atoms with E-state index in [1.807, 2.05) is 48.5 Å². The van der Waals surface area contributed by atoms with Gasteiger partial charge in [-0.15, -0.1) is 6.58 Å². The molecule has 148 valence electrons. The van der Waals surface area contributed by atoms with Gasteiger partial charge in [0, 0.05) is 22.5 Å². The Morgan fingerprint density at radius 2 is 1.57 bits per heavy atom. The van der Waals surface area contributed by atoms with Crippen molar-refractivity contribution in [3.63, 3.8) is 0 Å². The summed E-state index contributed by atoms with van der Waals surface area (Å²) < 4.78 is 0. The highest BCUT2D eigenvalue weighted by atomic mass is 35.5. The molecule has 4 rings (SSSR count). The summed E-state index contributed by atoms with van der Waals surface area (Å²) in [5, 5.41) is 1.54. The van der Waals surface area contributed by atoms with Gasteiger partial charge in [0.15, 0.2) is 0 Å². The lowest BCUT2D eigenvalue weighted by molar-refractivity contribution is -0.142. The van der Waals surface area contributed by atoms with E-state index in [-0.39, 0.29) is 12.0 Å². The second-order valence-electron chi connectivity index (χ2n) is 7.60. The molecule has 0 N–H and O–H groups in total. The molecule has 1 saturated carbocycles. The van der Waals surface area contributed by atoms with E-state index in [4.69, 9.17) is 23.2 Å². The standard InChI is InChI=1S/C18H22ClNO.C6H5Cl/c1-2-3-15-8-11-17(14-6-9-16(19)10-7-14)20(18(15)21)12-13-4-5-13;7-6-4-2-1-3-5-6/h2,6-7,9-10,13,15,17H,1,3-5,8,11-12H2;1-5H/t15?,17-;/m0./s1. The Morgan fingerprint density at radius 3 is 2.11 bits per heavy atom. The Kier molecular flexibility index (Phi) is 7.58. The molecular weight excluding hydrogens is 389 g/mol. The van der Waals surface area contributed by atoms with E-state index < -0.39 is 0 Å². The van der Waals surface area contributed by atoms with Gasteiger partial charge in [0.2, 0.25) is 5.91 Å². The summed E-state index contributed by atoms with van der Waals surface area (Å²) in [6.07, 6.45) is 7.21. The predicted molar refractivity (Wildman–Crippen MR) is 118 cm³/mol. The minimum atomic E-state index is 0.129. The molecule has 0 radical (unpaired) electrons. The van der Waals surface area contributed by atoms with E-state index in [1.165, 1.54) is 18.4 Å². The summed E-state index contributed by atoms with van der Waals surface area (Å²) in [6, 6.07) is 17.6. The number of hydrogen-bond acceptors (Lipinski definition) is 1. The second-order valence-corrected chi connectivity index (χ2v) is 8.47. The van der Waals surface area contributed by atoms with Crippen molar-refractivity contribution in [2.45, 2.75) is 38.1 Å². The molecule has 1 amide bonds. The molecule has 2 atom stereocenters. The fourth-order valence-corrected chi connectivity index (χ4v) is 3.96. The lowest BCUT2D eigenvalue weighted by Crippen LogP contribution is -2.44. The van der Waals surface area contributed by atoms with E-state index in [0.717, 1.165) is 35.9 Å². The van der Waals surface area contributed by atoms with Crippen molar-refractivity contribution in [3.8, 4) is 0 Å². The van der Waals surface area contributed by atoms with Crippen LogP contribution >= 0.6 is 23.2 Å². The van der Waals surface area contributed by atoms with Gasteiger partial charge < -0.3 is 4.90 Å². The highest BCUT2D eigenvalue weighted by Gasteiger charge is 2.38. The fourth-order valence-electron chi connectivity index (χ4n) is 3.69. The Bertz CT molecular complexity index is 771. The molecule has 1 aliphatic heterocycles. The van der Waals surface area contributed by atoms with E-state index >= 15 is 0 Å². The van der Waals surface area contributed by atoms with Crippen molar-refractivity contribution in [2.24, 2.45) is 11.8 Å². The fraction of sp³-hybridized carbons (Fsp3) is 0.375. The van der Waals surface area contributed by atoms with Crippen LogP contribution in [0.1, 0.15) is 43.7 Å². The van der Waals surface area contributed by atoms with Crippen molar-refractivity contribution in [1.29, 1.82) is 0 Å². The van der Waals surface area contributed by atoms with Crippen LogP contribution < -0.4 is 0 Å². The number of piperidine rings is 1. The third-order valence-corrected chi connectivity index (χ3v) is 5.89. The van der Waals surface area contributed by atoms with E-state index in [9.17, 15) is 4.79 Å². The van der Waals surface area contributed by atoms with Gasteiger partial charge >= 0.3 is 0 Å². The summed E-state index contributed by atoms with van der Waals surface area (Å²) in [6.45, 7) is 4.71. The van der Waals surface area contributed by atoms with Crippen molar-refractivity contribution in [1.82, 2.24) is 4.90 Å². The average molecular weight is 416 g/mol. The Hall–Kier alpha value is -1.77. The molecule has 1 unspecified atom stereocenters. The summed E-state index contributed by atoms with van der Waals surface area (Å²) in [4.78, 5) is 14.9. The first-order valence-corrected chi connectivity index (χ1v) is 10.7. The zero-order valence-electron chi connectivity index (χ0n) is 16.1. The van der Waals surface area contributed by atoms with Crippen LogP contribution in [-0.2, 0) is 4.79 Å². The number of amides is 1. The minimum absolute atomic E-state index is 0.129. The number of nitrogens with zero attached hydrogens (tertiary/aromatic N) is 1. The highest BCUT2D eigenvalue weighted by molar-refractivity contribution is 6.30. The second kappa shape index (κ2) is 10.1. The molecule has 0 spiro atoms. The smallest absolute Gasteiger partial charge is 0.226 e. The van der Waals surface area contributed by atoms with Gasteiger partial charge in [-0.25, -0.2) is 0 Å². The molecule has 2 aliphatic rings. The normalized spacial score (nSPS) is 21.6. The third-order valence-electron chi connectivity index (χ3n) is 5.39. The molecule has 2 fully saturated rings. The first-order chi connectivity index (χ1) is 13.6. The van der Waals surface area contributed by atoms with E-state index in [1.54, 1.807) is 0 Å². The summed E-state index contributed by atoms with van der Waals surface area (Å²) in [5.74, 6) is 1.16. The van der Waals surface area contributed by atoms with Crippen LogP contribution in [0.15, 0.2) is 67.3 Å². The summed E-state index contributed by atoms with van der Waals surface area (Å²) in [7, 11) is 0. The number of carbonyl (C=O) groups excluding carboxylic acids is 1. The van der Waals surface area contributed by atoms with Crippen LogP contribution in [0.2, 0.25) is 10.0 Å². The number of halogens is 2. The number of rotatable bonds is 5. The molecular formula is C24H27Cl2NO. The Morgan fingerprint density at radius 1 is 0.929 bits per heavy atom. The summed E-state index contributed by atoms with van der Waals surface area (Å²) in [5.41, 5.74) is 1.21. The molecule has 4 heteroatoms. The third kappa shape index (κ3) is 5.86. The van der Waals surface area contributed by atoms with Gasteiger partial charge in [-0.1, -0.05) is 59.6 Å². The number of carbonyl (C=O) groups is 1. The molecule has 2 aromatic rings. The molecule has 1 aliphatic carbocycles. The number of hydrogen-bond donors (Lipinski definition) is 0. The van der Waals surface area contributed by atoms with Crippen LogP contribution in [0.25, 0.3) is 0 Å². The van der Waals surface area contributed by atoms with Gasteiger partial charge in [-0.2, -0.15) is 0 Å². The molecule has 1 heterocycles. The SMILES string of the molecule is C=CCC1CC[C@@H](c2ccc(Cl)cc2)N(CC2CC2)C1=O.Clc1ccccc1. The highest BCUT2D eigenvalue weighted by Crippen LogP contribution is 2.39. The zero-order chi connectivity index (χ0) is 19.9. The van der Waals surface area contributed by atoms with E-state index in [0.29, 0.717) is 11.8 Å². The lowest BCUT2D eigenvalue weighted by atomic mass is 9.86. The molecule has 28 heavy (non-hydrogen) atoms. The first-order valence-electron chi connectivity index (χ1n) is 9.96. The van der Waals surface area contributed by atoms with Crippen molar-refractivity contribution in [3.05, 3.63) is 82.9 Å². The first kappa shape index (κ1) is 21.0. The van der Waals surface area contributed by atoms with Crippen molar-refractivity contribution < 1.29 is 4.79 Å². The molecule has 2 aromatic carbocycles. The maximum Gasteiger partial charge on any atom is 0.226 e. The maximum atomic E-state index is 12.8. The van der Waals surface area contributed by atoms with Crippen LogP contribution in [0, 0.1) is 11.8 Å².